The lowest BCUT2D eigenvalue weighted by atomic mass is 9.95. The maximum atomic E-state index is 12.1. The van der Waals surface area contributed by atoms with E-state index in [1.807, 2.05) is 24.3 Å². The predicted octanol–water partition coefficient (Wildman–Crippen LogP) is 1.96. The Labute approximate surface area is 118 Å². The molecule has 0 aliphatic carbocycles. The van der Waals surface area contributed by atoms with Gasteiger partial charge in [0.1, 0.15) is 5.54 Å². The van der Waals surface area contributed by atoms with Gasteiger partial charge in [0.15, 0.2) is 0 Å². The van der Waals surface area contributed by atoms with Crippen molar-refractivity contribution in [2.75, 3.05) is 11.9 Å². The number of benzene rings is 1. The molecular weight excluding hydrogens is 256 g/mol. The molecule has 0 bridgehead atoms. The van der Waals surface area contributed by atoms with Crippen LogP contribution in [0.25, 0.3) is 0 Å². The Morgan fingerprint density at radius 3 is 2.80 bits per heavy atom. The Hall–Kier alpha value is -2.04. The van der Waals surface area contributed by atoms with E-state index in [1.165, 1.54) is 6.92 Å². The van der Waals surface area contributed by atoms with Crippen LogP contribution in [0, 0.1) is 0 Å². The third kappa shape index (κ3) is 2.76. The largest absolute Gasteiger partial charge is 0.480 e. The highest BCUT2D eigenvalue weighted by molar-refractivity contribution is 5.87. The van der Waals surface area contributed by atoms with Gasteiger partial charge in [-0.3, -0.25) is 4.79 Å². The maximum absolute atomic E-state index is 12.1. The van der Waals surface area contributed by atoms with E-state index in [0.717, 1.165) is 11.3 Å². The van der Waals surface area contributed by atoms with Crippen molar-refractivity contribution < 1.29 is 14.7 Å². The van der Waals surface area contributed by atoms with Crippen LogP contribution < -0.4 is 10.6 Å². The van der Waals surface area contributed by atoms with Crippen LogP contribution in [-0.2, 0) is 9.59 Å². The lowest BCUT2D eigenvalue weighted by Gasteiger charge is -2.25. The van der Waals surface area contributed by atoms with Crippen molar-refractivity contribution >= 4 is 17.6 Å². The number of carbonyl (C=O) groups excluding carboxylic acids is 1. The average molecular weight is 276 g/mol. The maximum Gasteiger partial charge on any atom is 0.329 e. The van der Waals surface area contributed by atoms with Crippen molar-refractivity contribution in [1.29, 1.82) is 0 Å². The van der Waals surface area contributed by atoms with E-state index < -0.39 is 11.5 Å². The topological polar surface area (TPSA) is 78.4 Å². The van der Waals surface area contributed by atoms with E-state index in [-0.39, 0.29) is 11.8 Å². The predicted molar refractivity (Wildman–Crippen MR) is 76.8 cm³/mol. The summed E-state index contributed by atoms with van der Waals surface area (Å²) in [6.07, 6.45) is 0.653. The monoisotopic (exact) mass is 276 g/mol. The number of carboxylic acid groups (broad SMARTS) is 1. The van der Waals surface area contributed by atoms with Crippen molar-refractivity contribution in [3.63, 3.8) is 0 Å². The molecule has 0 fully saturated rings. The van der Waals surface area contributed by atoms with Crippen molar-refractivity contribution in [3.05, 3.63) is 29.8 Å². The number of hydrogen-bond donors (Lipinski definition) is 3. The van der Waals surface area contributed by atoms with Crippen LogP contribution in [0.5, 0.6) is 0 Å². The molecule has 0 radical (unpaired) electrons. The van der Waals surface area contributed by atoms with Crippen LogP contribution in [0.3, 0.4) is 0 Å². The van der Waals surface area contributed by atoms with E-state index in [9.17, 15) is 14.7 Å². The normalized spacial score (nSPS) is 19.6. The summed E-state index contributed by atoms with van der Waals surface area (Å²) in [5, 5.41) is 15.1. The Morgan fingerprint density at radius 1 is 1.45 bits per heavy atom. The van der Waals surface area contributed by atoms with Gasteiger partial charge in [0.05, 0.1) is 0 Å². The van der Waals surface area contributed by atoms with Crippen LogP contribution >= 0.6 is 0 Å². The number of para-hydroxylation sites is 1. The standard InChI is InChI=1S/C15H20N2O3/c1-3-15(2,14(19)20)17-13(18)8-10-9-16-12-7-5-4-6-11(10)12/h4-7,10,16H,3,8-9H2,1-2H3,(H,17,18)(H,19,20). The van der Waals surface area contributed by atoms with Crippen LogP contribution in [0.15, 0.2) is 24.3 Å². The van der Waals surface area contributed by atoms with E-state index in [1.54, 1.807) is 6.92 Å². The first-order valence-electron chi connectivity index (χ1n) is 6.83. The lowest BCUT2D eigenvalue weighted by Crippen LogP contribution is -2.52. The second-order valence-electron chi connectivity index (χ2n) is 5.41. The summed E-state index contributed by atoms with van der Waals surface area (Å²) in [6, 6.07) is 7.89. The molecule has 5 nitrogen and oxygen atoms in total. The molecule has 0 saturated heterocycles. The minimum atomic E-state index is -1.19. The van der Waals surface area contributed by atoms with Gasteiger partial charge in [-0.05, 0) is 25.0 Å². The molecule has 0 aromatic heterocycles. The van der Waals surface area contributed by atoms with Gasteiger partial charge >= 0.3 is 5.97 Å². The molecule has 1 heterocycles. The van der Waals surface area contributed by atoms with E-state index >= 15 is 0 Å². The zero-order valence-corrected chi connectivity index (χ0v) is 11.8. The second kappa shape index (κ2) is 5.53. The molecule has 1 aromatic carbocycles. The molecule has 1 aromatic rings. The molecule has 5 heteroatoms. The molecule has 3 N–H and O–H groups in total. The van der Waals surface area contributed by atoms with Gasteiger partial charge in [-0.15, -0.1) is 0 Å². The van der Waals surface area contributed by atoms with Crippen molar-refractivity contribution in [3.8, 4) is 0 Å². The van der Waals surface area contributed by atoms with Gasteiger partial charge in [-0.25, -0.2) is 4.79 Å². The smallest absolute Gasteiger partial charge is 0.329 e. The summed E-state index contributed by atoms with van der Waals surface area (Å²) in [6.45, 7) is 4.00. The van der Waals surface area contributed by atoms with Gasteiger partial charge in [-0.1, -0.05) is 25.1 Å². The van der Waals surface area contributed by atoms with Crippen LogP contribution in [0.1, 0.15) is 38.2 Å². The number of carboxylic acids is 1. The highest BCUT2D eigenvalue weighted by Gasteiger charge is 2.34. The number of fused-ring (bicyclic) bond motifs is 1. The summed E-state index contributed by atoms with van der Waals surface area (Å²) >= 11 is 0. The molecule has 1 amide bonds. The minimum Gasteiger partial charge on any atom is -0.480 e. The average Bonchev–Trinajstić information content (AvgIpc) is 2.82. The summed E-state index contributed by atoms with van der Waals surface area (Å²) in [4.78, 5) is 23.3. The summed E-state index contributed by atoms with van der Waals surface area (Å²) in [7, 11) is 0. The van der Waals surface area contributed by atoms with Gasteiger partial charge < -0.3 is 15.7 Å². The Kier molecular flexibility index (Phi) is 3.97. The van der Waals surface area contributed by atoms with Gasteiger partial charge in [-0.2, -0.15) is 0 Å². The summed E-state index contributed by atoms with van der Waals surface area (Å²) < 4.78 is 0. The molecular formula is C15H20N2O3. The quantitative estimate of drug-likeness (QED) is 0.768. The molecule has 1 aliphatic heterocycles. The van der Waals surface area contributed by atoms with Crippen molar-refractivity contribution in [1.82, 2.24) is 5.32 Å². The molecule has 0 spiro atoms. The molecule has 2 unspecified atom stereocenters. The summed E-state index contributed by atoms with van der Waals surface area (Å²) in [5.74, 6) is -1.13. The fraction of sp³-hybridized carbons (Fsp3) is 0.467. The fourth-order valence-corrected chi connectivity index (χ4v) is 2.41. The highest BCUT2D eigenvalue weighted by Crippen LogP contribution is 2.33. The molecule has 0 saturated carbocycles. The number of carbonyl (C=O) groups is 2. The first-order valence-corrected chi connectivity index (χ1v) is 6.83. The van der Waals surface area contributed by atoms with Gasteiger partial charge in [0.25, 0.3) is 0 Å². The first kappa shape index (κ1) is 14.4. The number of nitrogens with one attached hydrogen (secondary N) is 2. The Morgan fingerprint density at radius 2 is 2.15 bits per heavy atom. The number of rotatable bonds is 5. The Bertz CT molecular complexity index is 530. The number of amides is 1. The number of hydrogen-bond acceptors (Lipinski definition) is 3. The fourth-order valence-electron chi connectivity index (χ4n) is 2.41. The van der Waals surface area contributed by atoms with Crippen molar-refractivity contribution in [2.45, 2.75) is 38.1 Å². The van der Waals surface area contributed by atoms with E-state index in [4.69, 9.17) is 0 Å². The van der Waals surface area contributed by atoms with E-state index in [2.05, 4.69) is 10.6 Å². The molecule has 1 aliphatic rings. The lowest BCUT2D eigenvalue weighted by molar-refractivity contribution is -0.147. The molecule has 2 rings (SSSR count). The number of aliphatic carboxylic acids is 1. The van der Waals surface area contributed by atoms with Gasteiger partial charge in [0.2, 0.25) is 5.91 Å². The van der Waals surface area contributed by atoms with Crippen LogP contribution in [-0.4, -0.2) is 29.1 Å². The zero-order valence-electron chi connectivity index (χ0n) is 11.8. The Balaban J connectivity index is 2.02. The van der Waals surface area contributed by atoms with Gasteiger partial charge in [0, 0.05) is 24.6 Å². The van der Waals surface area contributed by atoms with Crippen LogP contribution in [0.2, 0.25) is 0 Å². The molecule has 108 valence electrons. The number of anilines is 1. The van der Waals surface area contributed by atoms with Crippen molar-refractivity contribution in [2.24, 2.45) is 0 Å². The highest BCUT2D eigenvalue weighted by atomic mass is 16.4. The molecule has 2 atom stereocenters. The summed E-state index contributed by atoms with van der Waals surface area (Å²) in [5.41, 5.74) is 0.987. The third-order valence-electron chi connectivity index (χ3n) is 3.97. The second-order valence-corrected chi connectivity index (χ2v) is 5.41. The first-order chi connectivity index (χ1) is 9.46. The van der Waals surface area contributed by atoms with E-state index in [0.29, 0.717) is 19.4 Å². The van der Waals surface area contributed by atoms with Crippen LogP contribution in [0.4, 0.5) is 5.69 Å². The SMILES string of the molecule is CCC(C)(NC(=O)CC1CNc2ccccc21)C(=O)O. The minimum absolute atomic E-state index is 0.0982. The zero-order chi connectivity index (χ0) is 14.8. The third-order valence-corrected chi connectivity index (χ3v) is 3.97. The molecule has 20 heavy (non-hydrogen) atoms.